The second-order valence-electron chi connectivity index (χ2n) is 8.46. The normalized spacial score (nSPS) is 11.7. The Morgan fingerprint density at radius 3 is 2.44 bits per heavy atom. The molecule has 6 N–H and O–H groups in total. The third kappa shape index (κ3) is 5.74. The van der Waals surface area contributed by atoms with Crippen LogP contribution < -0.4 is 26.4 Å². The van der Waals surface area contributed by atoms with Crippen molar-refractivity contribution in [3.63, 3.8) is 0 Å². The number of hydrogen-bond donors (Lipinski definition) is 4. The van der Waals surface area contributed by atoms with E-state index in [0.29, 0.717) is 23.7 Å². The number of carbonyl (C=O) groups is 3. The van der Waals surface area contributed by atoms with Crippen molar-refractivity contribution in [2.24, 2.45) is 11.7 Å². The average Bonchev–Trinajstić information content (AvgIpc) is 3.24. The monoisotopic (exact) mass is 511 g/mol. The Hall–Kier alpha value is -4.12. The summed E-state index contributed by atoms with van der Waals surface area (Å²) < 4.78 is 9.18. The highest BCUT2D eigenvalue weighted by Gasteiger charge is 2.36. The Labute approximate surface area is 213 Å². The summed E-state index contributed by atoms with van der Waals surface area (Å²) in [5.41, 5.74) is 11.8. The van der Waals surface area contributed by atoms with Gasteiger partial charge in [-0.05, 0) is 53.7 Å². The van der Waals surface area contributed by atoms with Gasteiger partial charge in [0.05, 0.1) is 12.8 Å². The van der Waals surface area contributed by atoms with Gasteiger partial charge in [0.15, 0.2) is 17.2 Å². The van der Waals surface area contributed by atoms with Gasteiger partial charge in [-0.15, -0.1) is 0 Å². The third-order valence-electron chi connectivity index (χ3n) is 5.46. The molecule has 0 aliphatic carbocycles. The smallest absolute Gasteiger partial charge is 0.273 e. The van der Waals surface area contributed by atoms with Gasteiger partial charge >= 0.3 is 0 Å². The number of rotatable bonds is 10. The summed E-state index contributed by atoms with van der Waals surface area (Å²) >= 11 is 0.728. The quantitative estimate of drug-likeness (QED) is 0.325. The Balaban J connectivity index is 2.17. The molecule has 10 nitrogen and oxygen atoms in total. The standard InChI is InChI=1S/C25H29N5O5S/c1-14(2)11-12-28-24(33)21(15-9-10-17(31)18(13-15)35-3)30(16-7-5-4-6-8-16)25(34)22-19(26)20(23(27)32)29-36-22/h4-10,13-14,21,31H,11-12,26H2,1-3H3,(H2,27,32)(H,28,33)/t21-/m1/s1. The van der Waals surface area contributed by atoms with E-state index in [0.717, 1.165) is 18.0 Å². The first kappa shape index (κ1) is 26.5. The lowest BCUT2D eigenvalue weighted by Gasteiger charge is -2.31. The zero-order chi connectivity index (χ0) is 26.4. The van der Waals surface area contributed by atoms with Crippen LogP contribution in [-0.2, 0) is 4.79 Å². The third-order valence-corrected chi connectivity index (χ3v) is 6.31. The van der Waals surface area contributed by atoms with Gasteiger partial charge in [0.2, 0.25) is 5.91 Å². The summed E-state index contributed by atoms with van der Waals surface area (Å²) in [4.78, 5) is 40.5. The van der Waals surface area contributed by atoms with Gasteiger partial charge in [-0.3, -0.25) is 19.3 Å². The number of carbonyl (C=O) groups excluding carboxylic acids is 3. The molecule has 2 aromatic carbocycles. The summed E-state index contributed by atoms with van der Waals surface area (Å²) in [6.07, 6.45) is 0.737. The molecule has 0 saturated heterocycles. The van der Waals surface area contributed by atoms with Crippen molar-refractivity contribution in [2.75, 3.05) is 24.3 Å². The number of aromatic nitrogens is 1. The summed E-state index contributed by atoms with van der Waals surface area (Å²) in [6.45, 7) is 4.47. The van der Waals surface area contributed by atoms with Crippen molar-refractivity contribution >= 4 is 40.6 Å². The first-order chi connectivity index (χ1) is 17.1. The summed E-state index contributed by atoms with van der Waals surface area (Å²) in [5.74, 6) is -1.57. The molecule has 0 unspecified atom stereocenters. The molecule has 190 valence electrons. The minimum atomic E-state index is -1.17. The van der Waals surface area contributed by atoms with Gasteiger partial charge < -0.3 is 26.6 Å². The molecule has 0 spiro atoms. The van der Waals surface area contributed by atoms with Gasteiger partial charge in [-0.25, -0.2) is 0 Å². The number of nitrogens with one attached hydrogen (secondary N) is 1. The molecule has 1 heterocycles. The van der Waals surface area contributed by atoms with Crippen molar-refractivity contribution in [2.45, 2.75) is 26.3 Å². The van der Waals surface area contributed by atoms with E-state index in [1.807, 2.05) is 13.8 Å². The first-order valence-corrected chi connectivity index (χ1v) is 12.0. The number of methoxy groups -OCH3 is 1. The van der Waals surface area contributed by atoms with E-state index < -0.39 is 23.8 Å². The lowest BCUT2D eigenvalue weighted by Crippen LogP contribution is -2.44. The van der Waals surface area contributed by atoms with Crippen molar-refractivity contribution in [3.05, 3.63) is 64.7 Å². The SMILES string of the molecule is COc1cc([C@H](C(=O)NCCC(C)C)N(C(=O)c2snc(C(N)=O)c2N)c2ccccc2)ccc1O. The molecular weight excluding hydrogens is 482 g/mol. The number of primary amides is 1. The number of amides is 3. The minimum Gasteiger partial charge on any atom is -0.504 e. The Bertz CT molecular complexity index is 1240. The molecular formula is C25H29N5O5S. The highest BCUT2D eigenvalue weighted by Crippen LogP contribution is 2.36. The van der Waals surface area contributed by atoms with Gasteiger partial charge in [-0.1, -0.05) is 38.1 Å². The molecule has 36 heavy (non-hydrogen) atoms. The minimum absolute atomic E-state index is 0.0293. The van der Waals surface area contributed by atoms with Crippen molar-refractivity contribution in [3.8, 4) is 11.5 Å². The van der Waals surface area contributed by atoms with Gasteiger partial charge in [0.25, 0.3) is 11.8 Å². The molecule has 1 aromatic heterocycles. The van der Waals surface area contributed by atoms with E-state index in [-0.39, 0.29) is 27.8 Å². The number of anilines is 2. The number of phenols is 1. The zero-order valence-corrected chi connectivity index (χ0v) is 21.0. The predicted molar refractivity (Wildman–Crippen MR) is 138 cm³/mol. The zero-order valence-electron chi connectivity index (χ0n) is 20.2. The van der Waals surface area contributed by atoms with Crippen molar-refractivity contribution < 1.29 is 24.2 Å². The highest BCUT2D eigenvalue weighted by molar-refractivity contribution is 7.09. The van der Waals surface area contributed by atoms with Crippen molar-refractivity contribution in [1.82, 2.24) is 9.69 Å². The highest BCUT2D eigenvalue weighted by atomic mass is 32.1. The molecule has 11 heteroatoms. The maximum Gasteiger partial charge on any atom is 0.273 e. The molecule has 3 aromatic rings. The van der Waals surface area contributed by atoms with Crippen LogP contribution in [-0.4, -0.2) is 40.9 Å². The summed E-state index contributed by atoms with van der Waals surface area (Å²) in [7, 11) is 1.39. The first-order valence-electron chi connectivity index (χ1n) is 11.2. The second-order valence-corrected chi connectivity index (χ2v) is 9.23. The van der Waals surface area contributed by atoms with E-state index in [1.165, 1.54) is 24.1 Å². The number of nitrogen functional groups attached to an aromatic ring is 1. The number of aromatic hydroxyl groups is 1. The van der Waals surface area contributed by atoms with Crippen LogP contribution in [0.4, 0.5) is 11.4 Å². The number of hydrogen-bond acceptors (Lipinski definition) is 8. The fraction of sp³-hybridized carbons (Fsp3) is 0.280. The van der Waals surface area contributed by atoms with E-state index >= 15 is 0 Å². The van der Waals surface area contributed by atoms with Crippen LogP contribution in [0.5, 0.6) is 11.5 Å². The molecule has 3 amide bonds. The van der Waals surface area contributed by atoms with E-state index in [4.69, 9.17) is 16.2 Å². The maximum atomic E-state index is 13.9. The van der Waals surface area contributed by atoms with E-state index in [9.17, 15) is 19.5 Å². The molecule has 3 rings (SSSR count). The van der Waals surface area contributed by atoms with Crippen LogP contribution >= 0.6 is 11.5 Å². The molecule has 1 atom stereocenters. The van der Waals surface area contributed by atoms with Crippen LogP contribution in [0, 0.1) is 5.92 Å². The Morgan fingerprint density at radius 1 is 1.17 bits per heavy atom. The second kappa shape index (κ2) is 11.5. The fourth-order valence-corrected chi connectivity index (χ4v) is 4.32. The lowest BCUT2D eigenvalue weighted by molar-refractivity contribution is -0.122. The number of nitrogens with two attached hydrogens (primary N) is 2. The Morgan fingerprint density at radius 2 is 1.86 bits per heavy atom. The number of benzene rings is 2. The number of phenolic OH excluding ortho intramolecular Hbond substituents is 1. The van der Waals surface area contributed by atoms with Crippen LogP contribution in [0.2, 0.25) is 0 Å². The number of ether oxygens (including phenoxy) is 1. The maximum absolute atomic E-state index is 13.9. The van der Waals surface area contributed by atoms with E-state index in [2.05, 4.69) is 9.69 Å². The summed E-state index contributed by atoms with van der Waals surface area (Å²) in [6, 6.07) is 11.8. The molecule has 0 aliphatic rings. The lowest BCUT2D eigenvalue weighted by atomic mass is 10.0. The average molecular weight is 512 g/mol. The van der Waals surface area contributed by atoms with E-state index in [1.54, 1.807) is 36.4 Å². The number of nitrogens with zero attached hydrogens (tertiary/aromatic N) is 2. The molecule has 0 saturated carbocycles. The van der Waals surface area contributed by atoms with Gasteiger partial charge in [0, 0.05) is 12.2 Å². The summed E-state index contributed by atoms with van der Waals surface area (Å²) in [5, 5.41) is 13.0. The molecule has 0 bridgehead atoms. The van der Waals surface area contributed by atoms with Gasteiger partial charge in [-0.2, -0.15) is 4.37 Å². The largest absolute Gasteiger partial charge is 0.504 e. The van der Waals surface area contributed by atoms with Gasteiger partial charge in [0.1, 0.15) is 10.9 Å². The topological polar surface area (TPSA) is 161 Å². The van der Waals surface area contributed by atoms with Crippen LogP contribution in [0.25, 0.3) is 0 Å². The van der Waals surface area contributed by atoms with Crippen molar-refractivity contribution in [1.29, 1.82) is 0 Å². The van der Waals surface area contributed by atoms with Crippen LogP contribution in [0.1, 0.15) is 52.0 Å². The molecule has 0 fully saturated rings. The Kier molecular flexibility index (Phi) is 8.49. The number of para-hydroxylation sites is 1. The fourth-order valence-electron chi connectivity index (χ4n) is 3.57. The molecule has 0 radical (unpaired) electrons. The predicted octanol–water partition coefficient (Wildman–Crippen LogP) is 3.09. The van der Waals surface area contributed by atoms with Crippen LogP contribution in [0.3, 0.4) is 0 Å². The van der Waals surface area contributed by atoms with Crippen LogP contribution in [0.15, 0.2) is 48.5 Å². The molecule has 0 aliphatic heterocycles.